The zero-order chi connectivity index (χ0) is 18.7. The van der Waals surface area contributed by atoms with Gasteiger partial charge in [0.1, 0.15) is 0 Å². The summed E-state index contributed by atoms with van der Waals surface area (Å²) < 4.78 is 0. The molecule has 4 N–H and O–H groups in total. The third-order valence-corrected chi connectivity index (χ3v) is 8.41. The summed E-state index contributed by atoms with van der Waals surface area (Å²) in [5.74, 6) is 0.604. The average Bonchev–Trinajstić information content (AvgIpc) is 2.93. The van der Waals surface area contributed by atoms with E-state index in [1.54, 1.807) is 0 Å². The van der Waals surface area contributed by atoms with Gasteiger partial charge in [-0.2, -0.15) is 0 Å². The molecule has 0 aromatic heterocycles. The summed E-state index contributed by atoms with van der Waals surface area (Å²) in [5, 5.41) is 34.2. The molecule has 8 unspecified atom stereocenters. The standard InChI is InChI=1S/C20H34N2O4/c1-12-9-19-10-14(18(25)21-5-6-23)11-20(19,26)17(22(12)2)7-13-3-4-15(24)8-16(13)19/h12-17,23-24,26H,3-11H2,1-2H3,(H,21,25). The molecule has 8 atom stereocenters. The van der Waals surface area contributed by atoms with Crippen molar-refractivity contribution in [1.82, 2.24) is 10.2 Å². The second kappa shape index (κ2) is 6.43. The second-order valence-electron chi connectivity index (χ2n) is 9.50. The van der Waals surface area contributed by atoms with Gasteiger partial charge in [-0.05, 0) is 70.8 Å². The lowest BCUT2D eigenvalue weighted by molar-refractivity contribution is -0.237. The van der Waals surface area contributed by atoms with E-state index in [0.29, 0.717) is 30.7 Å². The van der Waals surface area contributed by atoms with Crippen molar-refractivity contribution in [3.05, 3.63) is 0 Å². The summed E-state index contributed by atoms with van der Waals surface area (Å²) in [5.41, 5.74) is -1.12. The normalized spacial score (nSPS) is 50.8. The smallest absolute Gasteiger partial charge is 0.223 e. The van der Waals surface area contributed by atoms with Gasteiger partial charge in [0, 0.05) is 30.0 Å². The number of likely N-dealkylation sites (tertiary alicyclic amines) is 1. The van der Waals surface area contributed by atoms with Crippen LogP contribution in [0.3, 0.4) is 0 Å². The molecule has 0 spiro atoms. The van der Waals surface area contributed by atoms with E-state index in [1.165, 1.54) is 0 Å². The number of fused-ring (bicyclic) bond motifs is 1. The molecular formula is C20H34N2O4. The molecule has 4 aliphatic rings. The van der Waals surface area contributed by atoms with Crippen LogP contribution in [0.15, 0.2) is 0 Å². The number of aliphatic hydroxyl groups is 3. The van der Waals surface area contributed by atoms with Crippen molar-refractivity contribution >= 4 is 5.91 Å². The van der Waals surface area contributed by atoms with Crippen LogP contribution in [0, 0.1) is 23.2 Å². The molecule has 1 saturated heterocycles. The van der Waals surface area contributed by atoms with Gasteiger partial charge in [-0.15, -0.1) is 0 Å². The minimum absolute atomic E-state index is 0.0369. The van der Waals surface area contributed by atoms with Crippen molar-refractivity contribution < 1.29 is 20.1 Å². The molecule has 0 aromatic carbocycles. The van der Waals surface area contributed by atoms with Crippen molar-refractivity contribution in [2.24, 2.45) is 23.2 Å². The van der Waals surface area contributed by atoms with E-state index in [1.807, 2.05) is 0 Å². The lowest BCUT2D eigenvalue weighted by Gasteiger charge is -2.66. The molecule has 3 saturated carbocycles. The summed E-state index contributed by atoms with van der Waals surface area (Å²) >= 11 is 0. The summed E-state index contributed by atoms with van der Waals surface area (Å²) in [4.78, 5) is 15.0. The van der Waals surface area contributed by atoms with Crippen LogP contribution < -0.4 is 5.32 Å². The fourth-order valence-corrected chi connectivity index (χ4v) is 7.26. The number of amides is 1. The molecule has 1 amide bonds. The zero-order valence-electron chi connectivity index (χ0n) is 16.0. The van der Waals surface area contributed by atoms with Crippen LogP contribution in [0.25, 0.3) is 0 Å². The van der Waals surface area contributed by atoms with Crippen molar-refractivity contribution in [1.29, 1.82) is 0 Å². The second-order valence-corrected chi connectivity index (χ2v) is 9.50. The Hall–Kier alpha value is -0.690. The Bertz CT molecular complexity index is 572. The molecule has 1 aliphatic heterocycles. The van der Waals surface area contributed by atoms with Crippen molar-refractivity contribution in [3.63, 3.8) is 0 Å². The van der Waals surface area contributed by atoms with Gasteiger partial charge in [0.2, 0.25) is 5.91 Å². The molecule has 4 rings (SSSR count). The molecule has 26 heavy (non-hydrogen) atoms. The number of nitrogens with one attached hydrogen (secondary N) is 1. The van der Waals surface area contributed by atoms with E-state index < -0.39 is 5.60 Å². The van der Waals surface area contributed by atoms with Gasteiger partial charge in [-0.1, -0.05) is 0 Å². The van der Waals surface area contributed by atoms with E-state index >= 15 is 0 Å². The number of hydrogen-bond acceptors (Lipinski definition) is 5. The van der Waals surface area contributed by atoms with Crippen LogP contribution in [0.5, 0.6) is 0 Å². The van der Waals surface area contributed by atoms with Crippen LogP contribution in [0.2, 0.25) is 0 Å². The maximum atomic E-state index is 12.7. The number of aliphatic hydroxyl groups excluding tert-OH is 2. The Labute approximate surface area is 156 Å². The topological polar surface area (TPSA) is 93.0 Å². The van der Waals surface area contributed by atoms with Crippen LogP contribution in [0.1, 0.15) is 51.9 Å². The minimum atomic E-state index is -0.853. The summed E-state index contributed by atoms with van der Waals surface area (Å²) in [6, 6.07) is 0.470. The molecule has 0 aromatic rings. The number of piperidine rings is 1. The Balaban J connectivity index is 1.70. The Kier molecular flexibility index (Phi) is 4.62. The Morgan fingerprint density at radius 2 is 2.00 bits per heavy atom. The lowest BCUT2D eigenvalue weighted by Crippen LogP contribution is -2.72. The van der Waals surface area contributed by atoms with Crippen LogP contribution in [-0.2, 0) is 4.79 Å². The van der Waals surface area contributed by atoms with Crippen molar-refractivity contribution in [2.45, 2.75) is 75.7 Å². The summed E-state index contributed by atoms with van der Waals surface area (Å²) in [6.45, 7) is 2.44. The SMILES string of the molecule is CC1CC23CC(C(=O)NCCO)CC2(O)C(CC2CCC(O)CC23)N1C. The maximum absolute atomic E-state index is 12.7. The predicted molar refractivity (Wildman–Crippen MR) is 97.3 cm³/mol. The first-order valence-corrected chi connectivity index (χ1v) is 10.3. The van der Waals surface area contributed by atoms with E-state index in [2.05, 4.69) is 24.2 Å². The quantitative estimate of drug-likeness (QED) is 0.584. The molecule has 0 radical (unpaired) electrons. The molecule has 6 nitrogen and oxygen atoms in total. The zero-order valence-corrected chi connectivity index (χ0v) is 16.0. The fourth-order valence-electron chi connectivity index (χ4n) is 7.26. The van der Waals surface area contributed by atoms with Gasteiger partial charge < -0.3 is 20.6 Å². The van der Waals surface area contributed by atoms with E-state index in [0.717, 1.165) is 32.1 Å². The first-order chi connectivity index (χ1) is 12.3. The number of likely N-dealkylation sites (N-methyl/N-ethyl adjacent to an activating group) is 1. The van der Waals surface area contributed by atoms with Gasteiger partial charge in [-0.25, -0.2) is 0 Å². The van der Waals surface area contributed by atoms with Gasteiger partial charge >= 0.3 is 0 Å². The highest BCUT2D eigenvalue weighted by Gasteiger charge is 2.71. The van der Waals surface area contributed by atoms with Gasteiger partial charge in [0.25, 0.3) is 0 Å². The Morgan fingerprint density at radius 1 is 1.23 bits per heavy atom. The van der Waals surface area contributed by atoms with E-state index in [-0.39, 0.29) is 42.5 Å². The highest BCUT2D eigenvalue weighted by atomic mass is 16.3. The van der Waals surface area contributed by atoms with Gasteiger partial charge in [0.15, 0.2) is 0 Å². The van der Waals surface area contributed by atoms with E-state index in [9.17, 15) is 15.0 Å². The highest BCUT2D eigenvalue weighted by Crippen LogP contribution is 2.68. The average molecular weight is 367 g/mol. The number of rotatable bonds is 3. The van der Waals surface area contributed by atoms with Crippen molar-refractivity contribution in [2.75, 3.05) is 20.2 Å². The fraction of sp³-hybridized carbons (Fsp3) is 0.950. The van der Waals surface area contributed by atoms with Crippen LogP contribution in [0.4, 0.5) is 0 Å². The number of carbonyl (C=O) groups excluding carboxylic acids is 1. The molecule has 4 fully saturated rings. The third kappa shape index (κ3) is 2.49. The number of hydrogen-bond donors (Lipinski definition) is 4. The summed E-state index contributed by atoms with van der Waals surface area (Å²) in [6.07, 6.45) is 5.47. The van der Waals surface area contributed by atoms with Crippen LogP contribution >= 0.6 is 0 Å². The largest absolute Gasteiger partial charge is 0.395 e. The van der Waals surface area contributed by atoms with Gasteiger partial charge in [-0.3, -0.25) is 9.69 Å². The number of nitrogens with zero attached hydrogens (tertiary/aromatic N) is 1. The molecule has 2 bridgehead atoms. The van der Waals surface area contributed by atoms with Crippen LogP contribution in [-0.4, -0.2) is 70.1 Å². The summed E-state index contributed by atoms with van der Waals surface area (Å²) in [7, 11) is 2.12. The molecular weight excluding hydrogens is 332 g/mol. The highest BCUT2D eigenvalue weighted by molar-refractivity contribution is 5.79. The minimum Gasteiger partial charge on any atom is -0.395 e. The van der Waals surface area contributed by atoms with Crippen molar-refractivity contribution in [3.8, 4) is 0 Å². The molecule has 6 heteroatoms. The Morgan fingerprint density at radius 3 is 2.73 bits per heavy atom. The third-order valence-electron chi connectivity index (χ3n) is 8.41. The molecule has 148 valence electrons. The molecule has 1 heterocycles. The predicted octanol–water partition coefficient (Wildman–Crippen LogP) is 0.496. The molecule has 3 aliphatic carbocycles. The lowest BCUT2D eigenvalue weighted by atomic mass is 9.47. The first kappa shape index (κ1) is 18.7. The number of carbonyl (C=O) groups is 1. The monoisotopic (exact) mass is 366 g/mol. The van der Waals surface area contributed by atoms with Gasteiger partial charge in [0.05, 0.1) is 18.3 Å². The van der Waals surface area contributed by atoms with E-state index in [4.69, 9.17) is 5.11 Å². The first-order valence-electron chi connectivity index (χ1n) is 10.3. The maximum Gasteiger partial charge on any atom is 0.223 e.